The maximum Gasteiger partial charge on any atom is 0.169 e. The third-order valence-corrected chi connectivity index (χ3v) is 4.37. The Labute approximate surface area is 171 Å². The van der Waals surface area contributed by atoms with E-state index in [1.807, 2.05) is 58.9 Å². The van der Waals surface area contributed by atoms with E-state index in [2.05, 4.69) is 5.16 Å². The number of aliphatic imine (C=N–C) groups is 1. The van der Waals surface area contributed by atoms with Crippen molar-refractivity contribution < 1.29 is 13.7 Å². The summed E-state index contributed by atoms with van der Waals surface area (Å²) in [5.74, 6) is 0.289. The minimum Gasteiger partial charge on any atom is -0.358 e. The second kappa shape index (κ2) is 10.5. The van der Waals surface area contributed by atoms with E-state index in [1.165, 1.54) is 12.1 Å². The van der Waals surface area contributed by atoms with Crippen LogP contribution >= 0.6 is 0 Å². The smallest absolute Gasteiger partial charge is 0.169 e. The molecule has 4 rings (SSSR count). The van der Waals surface area contributed by atoms with E-state index in [0.717, 1.165) is 34.2 Å². The molecule has 1 aliphatic heterocycles. The van der Waals surface area contributed by atoms with Crippen LogP contribution in [0.25, 0.3) is 11.1 Å². The molecule has 0 fully saturated rings. The molecule has 0 amide bonds. The Morgan fingerprint density at radius 2 is 1.62 bits per heavy atom. The Morgan fingerprint density at radius 3 is 2.24 bits per heavy atom. The molecule has 4 nitrogen and oxygen atoms in total. The summed E-state index contributed by atoms with van der Waals surface area (Å²) >= 11 is 0. The average Bonchev–Trinajstić information content (AvgIpc) is 3.09. The van der Waals surface area contributed by atoms with E-state index in [-0.39, 0.29) is 12.2 Å². The Morgan fingerprint density at radius 1 is 1.00 bits per heavy atom. The van der Waals surface area contributed by atoms with Gasteiger partial charge in [0.25, 0.3) is 0 Å². The second-order valence-electron chi connectivity index (χ2n) is 5.96. The molecule has 152 valence electrons. The number of aromatic nitrogens is 1. The van der Waals surface area contributed by atoms with Crippen molar-refractivity contribution in [2.24, 2.45) is 4.99 Å². The van der Waals surface area contributed by atoms with Crippen LogP contribution in [0.1, 0.15) is 62.7 Å². The van der Waals surface area contributed by atoms with Gasteiger partial charge < -0.3 is 9.32 Å². The molecule has 1 atom stereocenters. The van der Waals surface area contributed by atoms with Crippen LogP contribution in [0.15, 0.2) is 58.0 Å². The largest absolute Gasteiger partial charge is 0.358 e. The Balaban J connectivity index is 0.000000707. The highest BCUT2D eigenvalue weighted by molar-refractivity contribution is 6.17. The van der Waals surface area contributed by atoms with Crippen molar-refractivity contribution in [1.82, 2.24) is 5.16 Å². The average molecular weight is 394 g/mol. The van der Waals surface area contributed by atoms with Crippen LogP contribution in [0.5, 0.6) is 0 Å². The molecule has 0 unspecified atom stereocenters. The first-order valence-electron chi connectivity index (χ1n) is 10.0. The third kappa shape index (κ3) is 4.50. The monoisotopic (exact) mass is 394 g/mol. The molecule has 1 aliphatic rings. The van der Waals surface area contributed by atoms with Crippen LogP contribution in [0, 0.1) is 12.7 Å². The first kappa shape index (κ1) is 22.2. The van der Waals surface area contributed by atoms with Gasteiger partial charge >= 0.3 is 0 Å². The molecule has 3 aromatic rings. The van der Waals surface area contributed by atoms with Crippen molar-refractivity contribution in [2.45, 2.75) is 47.1 Å². The number of benzene rings is 2. The molecule has 0 N–H and O–H groups in total. The van der Waals surface area contributed by atoms with Crippen LogP contribution in [-0.2, 0) is 4.79 Å². The first-order valence-corrected chi connectivity index (χ1v) is 10.0. The van der Waals surface area contributed by atoms with Crippen molar-refractivity contribution >= 4 is 12.0 Å². The fraction of sp³-hybridized carbons (Fsp3) is 0.292. The number of nitrogens with zero attached hydrogens (tertiary/aromatic N) is 2. The summed E-state index contributed by atoms with van der Waals surface area (Å²) in [4.78, 5) is 16.0. The van der Waals surface area contributed by atoms with E-state index in [9.17, 15) is 9.18 Å². The lowest BCUT2D eigenvalue weighted by Gasteiger charge is -2.11. The predicted molar refractivity (Wildman–Crippen MR) is 115 cm³/mol. The minimum atomic E-state index is -0.457. The Bertz CT molecular complexity index is 975. The lowest BCUT2D eigenvalue weighted by atomic mass is 9.93. The standard InChI is InChI=1S/C20H15FN2O2.2C2H6/c1-12-18-15-4-2-3-5-16(15)19(13-6-8-14(21)9-7-13)22-17(10-11-24)20(18)25-23-12;2*1-2/h2-9,11,17H,10H2,1H3;2*1-2H3/t17-;;/m0../s1. The zero-order chi connectivity index (χ0) is 21.4. The minimum absolute atomic E-state index is 0.195. The highest BCUT2D eigenvalue weighted by atomic mass is 19.1. The fourth-order valence-corrected chi connectivity index (χ4v) is 3.22. The zero-order valence-corrected chi connectivity index (χ0v) is 17.6. The fourth-order valence-electron chi connectivity index (χ4n) is 3.22. The van der Waals surface area contributed by atoms with Crippen LogP contribution in [0.4, 0.5) is 4.39 Å². The lowest BCUT2D eigenvalue weighted by Crippen LogP contribution is -2.06. The van der Waals surface area contributed by atoms with Crippen molar-refractivity contribution in [3.8, 4) is 11.1 Å². The van der Waals surface area contributed by atoms with Crippen molar-refractivity contribution in [3.05, 3.63) is 76.9 Å². The van der Waals surface area contributed by atoms with E-state index in [4.69, 9.17) is 9.52 Å². The van der Waals surface area contributed by atoms with Gasteiger partial charge in [0, 0.05) is 17.5 Å². The molecular weight excluding hydrogens is 367 g/mol. The van der Waals surface area contributed by atoms with Crippen molar-refractivity contribution in [2.75, 3.05) is 0 Å². The zero-order valence-electron chi connectivity index (χ0n) is 17.6. The predicted octanol–water partition coefficient (Wildman–Crippen LogP) is 6.32. The van der Waals surface area contributed by atoms with Crippen LogP contribution in [0.2, 0.25) is 0 Å². The second-order valence-corrected chi connectivity index (χ2v) is 5.96. The van der Waals surface area contributed by atoms with Crippen molar-refractivity contribution in [1.29, 1.82) is 0 Å². The number of hydrogen-bond donors (Lipinski definition) is 0. The molecule has 0 saturated heterocycles. The van der Waals surface area contributed by atoms with Gasteiger partial charge in [-0.25, -0.2) is 4.39 Å². The van der Waals surface area contributed by atoms with Gasteiger partial charge in [-0.1, -0.05) is 57.1 Å². The summed E-state index contributed by atoms with van der Waals surface area (Å²) in [6.07, 6.45) is 1.02. The van der Waals surface area contributed by atoms with Crippen LogP contribution in [0.3, 0.4) is 0 Å². The lowest BCUT2D eigenvalue weighted by molar-refractivity contribution is -0.108. The van der Waals surface area contributed by atoms with Gasteiger partial charge in [-0.05, 0) is 36.8 Å². The SMILES string of the molecule is CC.CC.Cc1noc2c1-c1ccccc1C(c1ccc(F)cc1)=N[C@H]2CC=O. The van der Waals surface area contributed by atoms with E-state index in [0.29, 0.717) is 11.5 Å². The van der Waals surface area contributed by atoms with E-state index in [1.54, 1.807) is 12.1 Å². The normalized spacial score (nSPS) is 14.0. The van der Waals surface area contributed by atoms with Crippen molar-refractivity contribution in [3.63, 3.8) is 0 Å². The van der Waals surface area contributed by atoms with E-state index < -0.39 is 6.04 Å². The molecule has 2 aromatic carbocycles. The highest BCUT2D eigenvalue weighted by Gasteiger charge is 2.29. The summed E-state index contributed by atoms with van der Waals surface area (Å²) in [5, 5.41) is 4.07. The molecule has 1 aromatic heterocycles. The Kier molecular flexibility index (Phi) is 8.01. The van der Waals surface area contributed by atoms with Gasteiger partial charge in [-0.3, -0.25) is 4.99 Å². The number of carbonyl (C=O) groups excluding carboxylic acids is 1. The van der Waals surface area contributed by atoms with Crippen LogP contribution in [-0.4, -0.2) is 17.2 Å². The molecule has 0 spiro atoms. The summed E-state index contributed by atoms with van der Waals surface area (Å²) < 4.78 is 18.9. The molecular formula is C24H27FN2O2. The first-order chi connectivity index (χ1) is 14.2. The summed E-state index contributed by atoms with van der Waals surface area (Å²) in [7, 11) is 0. The third-order valence-electron chi connectivity index (χ3n) is 4.37. The summed E-state index contributed by atoms with van der Waals surface area (Å²) in [6.45, 7) is 9.87. The van der Waals surface area contributed by atoms with Gasteiger partial charge in [-0.2, -0.15) is 0 Å². The van der Waals surface area contributed by atoms with Gasteiger partial charge in [0.15, 0.2) is 5.76 Å². The molecule has 0 radical (unpaired) electrons. The molecule has 0 aliphatic carbocycles. The number of rotatable bonds is 3. The number of hydrogen-bond acceptors (Lipinski definition) is 4. The molecule has 0 bridgehead atoms. The van der Waals surface area contributed by atoms with E-state index >= 15 is 0 Å². The van der Waals surface area contributed by atoms with Crippen LogP contribution < -0.4 is 0 Å². The van der Waals surface area contributed by atoms with Gasteiger partial charge in [0.2, 0.25) is 0 Å². The highest BCUT2D eigenvalue weighted by Crippen LogP contribution is 2.40. The number of fused-ring (bicyclic) bond motifs is 3. The molecule has 2 heterocycles. The molecule has 29 heavy (non-hydrogen) atoms. The molecule has 5 heteroatoms. The quantitative estimate of drug-likeness (QED) is 0.488. The number of halogens is 1. The topological polar surface area (TPSA) is 55.5 Å². The van der Waals surface area contributed by atoms with Gasteiger partial charge in [0.05, 0.1) is 17.0 Å². The summed E-state index contributed by atoms with van der Waals surface area (Å²) in [6, 6.07) is 13.6. The number of aryl methyl sites for hydroxylation is 1. The maximum atomic E-state index is 13.3. The number of aldehydes is 1. The molecule has 0 saturated carbocycles. The maximum absolute atomic E-state index is 13.3. The number of carbonyl (C=O) groups is 1. The van der Waals surface area contributed by atoms with Gasteiger partial charge in [-0.15, -0.1) is 0 Å². The van der Waals surface area contributed by atoms with Gasteiger partial charge in [0.1, 0.15) is 18.1 Å². The Hall–Kier alpha value is -3.08. The summed E-state index contributed by atoms with van der Waals surface area (Å²) in [5.41, 5.74) is 5.01.